The quantitative estimate of drug-likeness (QED) is 0.497. The Kier molecular flexibility index (Phi) is 6.99. The average Bonchev–Trinajstić information content (AvgIpc) is 2.84. The molecule has 0 unspecified atom stereocenters. The number of rotatable bonds is 7. The molecule has 0 saturated heterocycles. The number of hydrogen-bond acceptors (Lipinski definition) is 5. The fraction of sp³-hybridized carbons (Fsp3) is 0.368. The van der Waals surface area contributed by atoms with E-state index in [1.54, 1.807) is 40.2 Å². The third kappa shape index (κ3) is 4.16. The second-order valence-electron chi connectivity index (χ2n) is 5.57. The zero-order valence-corrected chi connectivity index (χ0v) is 16.9. The van der Waals surface area contributed by atoms with E-state index in [1.165, 1.54) is 4.90 Å². The summed E-state index contributed by atoms with van der Waals surface area (Å²) < 4.78 is 16.4. The van der Waals surface area contributed by atoms with Crippen molar-refractivity contribution in [3.8, 4) is 5.75 Å². The minimum atomic E-state index is -0.515. The number of amides is 1. The molecule has 0 fully saturated rings. The fourth-order valence-corrected chi connectivity index (χ4v) is 3.13. The molecule has 140 valence electrons. The van der Waals surface area contributed by atoms with Gasteiger partial charge in [0.15, 0.2) is 0 Å². The predicted molar refractivity (Wildman–Crippen MR) is 102 cm³/mol. The number of ether oxygens (including phenoxy) is 3. The van der Waals surface area contributed by atoms with Crippen LogP contribution in [0.25, 0.3) is 6.08 Å². The van der Waals surface area contributed by atoms with E-state index in [0.29, 0.717) is 30.2 Å². The van der Waals surface area contributed by atoms with Crippen molar-refractivity contribution < 1.29 is 23.8 Å². The van der Waals surface area contributed by atoms with E-state index in [2.05, 4.69) is 15.9 Å². The van der Waals surface area contributed by atoms with E-state index in [9.17, 15) is 9.59 Å². The number of carbonyl (C=O) groups excluding carboxylic acids is 2. The van der Waals surface area contributed by atoms with E-state index >= 15 is 0 Å². The van der Waals surface area contributed by atoms with Gasteiger partial charge in [-0.3, -0.25) is 4.79 Å². The molecule has 0 atom stereocenters. The summed E-state index contributed by atoms with van der Waals surface area (Å²) in [5, 5.41) is 0. The highest BCUT2D eigenvalue weighted by atomic mass is 79.9. The Hall–Kier alpha value is -2.12. The maximum atomic E-state index is 12.9. The van der Waals surface area contributed by atoms with Crippen LogP contribution in [0.1, 0.15) is 19.4 Å². The Balaban J connectivity index is 2.55. The lowest BCUT2D eigenvalue weighted by Gasteiger charge is -2.16. The zero-order chi connectivity index (χ0) is 19.3. The van der Waals surface area contributed by atoms with Gasteiger partial charge in [0, 0.05) is 29.4 Å². The molecule has 7 heteroatoms. The first-order chi connectivity index (χ1) is 12.4. The Bertz CT molecular complexity index is 769. The van der Waals surface area contributed by atoms with Crippen LogP contribution in [0.2, 0.25) is 0 Å². The van der Waals surface area contributed by atoms with Crippen molar-refractivity contribution in [2.45, 2.75) is 13.8 Å². The third-order valence-electron chi connectivity index (χ3n) is 4.00. The van der Waals surface area contributed by atoms with Crippen molar-refractivity contribution in [2.75, 3.05) is 34.0 Å². The van der Waals surface area contributed by atoms with Crippen LogP contribution in [0.4, 0.5) is 0 Å². The van der Waals surface area contributed by atoms with E-state index in [-0.39, 0.29) is 23.7 Å². The molecule has 0 saturated carbocycles. The van der Waals surface area contributed by atoms with Gasteiger partial charge in [-0.25, -0.2) is 4.79 Å². The van der Waals surface area contributed by atoms with Gasteiger partial charge in [-0.2, -0.15) is 0 Å². The number of nitrogens with zero attached hydrogens (tertiary/aromatic N) is 1. The maximum absolute atomic E-state index is 12.9. The van der Waals surface area contributed by atoms with Crippen molar-refractivity contribution >= 4 is 33.9 Å². The number of benzene rings is 1. The summed E-state index contributed by atoms with van der Waals surface area (Å²) in [7, 11) is 3.12. The number of esters is 1. The molecular formula is C19H22BrNO5. The highest BCUT2D eigenvalue weighted by Gasteiger charge is 2.37. The first-order valence-corrected chi connectivity index (χ1v) is 8.98. The summed E-state index contributed by atoms with van der Waals surface area (Å²) in [6.07, 6.45) is 1.66. The molecule has 0 aromatic heterocycles. The van der Waals surface area contributed by atoms with Gasteiger partial charge in [-0.1, -0.05) is 15.9 Å². The topological polar surface area (TPSA) is 65.1 Å². The first-order valence-electron chi connectivity index (χ1n) is 8.19. The SMILES string of the molecule is CCOC(=O)C1=C(C)N(CCOC)C(=O)C1=Cc1cc(Br)ccc1OC. The van der Waals surface area contributed by atoms with Crippen molar-refractivity contribution in [3.63, 3.8) is 0 Å². The standard InChI is InChI=1S/C19H22BrNO5/c1-5-26-19(23)17-12(2)21(8-9-24-3)18(22)15(17)11-13-10-14(20)6-7-16(13)25-4/h6-7,10-11H,5,8-9H2,1-4H3. The molecule has 1 heterocycles. The lowest BCUT2D eigenvalue weighted by Crippen LogP contribution is -2.28. The van der Waals surface area contributed by atoms with Crippen LogP contribution in [-0.2, 0) is 19.1 Å². The number of carbonyl (C=O) groups is 2. The highest BCUT2D eigenvalue weighted by Crippen LogP contribution is 2.34. The maximum Gasteiger partial charge on any atom is 0.340 e. The normalized spacial score (nSPS) is 15.8. The van der Waals surface area contributed by atoms with Gasteiger partial charge >= 0.3 is 5.97 Å². The predicted octanol–water partition coefficient (Wildman–Crippen LogP) is 3.17. The van der Waals surface area contributed by atoms with Crippen LogP contribution in [0, 0.1) is 0 Å². The van der Waals surface area contributed by atoms with Gasteiger partial charge in [0.25, 0.3) is 5.91 Å². The molecule has 0 aliphatic carbocycles. The molecule has 1 amide bonds. The molecule has 0 radical (unpaired) electrons. The van der Waals surface area contributed by atoms with E-state index in [4.69, 9.17) is 14.2 Å². The lowest BCUT2D eigenvalue weighted by atomic mass is 10.0. The van der Waals surface area contributed by atoms with Crippen LogP contribution in [-0.4, -0.2) is 50.8 Å². The third-order valence-corrected chi connectivity index (χ3v) is 4.49. The van der Waals surface area contributed by atoms with Crippen molar-refractivity contribution in [3.05, 3.63) is 45.1 Å². The number of hydrogen-bond donors (Lipinski definition) is 0. The van der Waals surface area contributed by atoms with E-state index in [0.717, 1.165) is 4.47 Å². The summed E-state index contributed by atoms with van der Waals surface area (Å²) in [6, 6.07) is 5.46. The average molecular weight is 424 g/mol. The van der Waals surface area contributed by atoms with Gasteiger partial charge < -0.3 is 19.1 Å². The smallest absolute Gasteiger partial charge is 0.340 e. The van der Waals surface area contributed by atoms with Gasteiger partial charge in [-0.05, 0) is 38.1 Å². The molecule has 1 aliphatic heterocycles. The lowest BCUT2D eigenvalue weighted by molar-refractivity contribution is -0.138. The van der Waals surface area contributed by atoms with Crippen LogP contribution in [0.15, 0.2) is 39.5 Å². The van der Waals surface area contributed by atoms with Crippen LogP contribution in [0.5, 0.6) is 5.75 Å². The first kappa shape index (κ1) is 20.2. The molecular weight excluding hydrogens is 402 g/mol. The van der Waals surface area contributed by atoms with E-state index < -0.39 is 5.97 Å². The number of methoxy groups -OCH3 is 2. The fourth-order valence-electron chi connectivity index (χ4n) is 2.75. The van der Waals surface area contributed by atoms with Crippen LogP contribution < -0.4 is 4.74 Å². The highest BCUT2D eigenvalue weighted by molar-refractivity contribution is 9.10. The van der Waals surface area contributed by atoms with Crippen LogP contribution >= 0.6 is 15.9 Å². The van der Waals surface area contributed by atoms with Crippen LogP contribution in [0.3, 0.4) is 0 Å². The molecule has 6 nitrogen and oxygen atoms in total. The monoisotopic (exact) mass is 423 g/mol. The molecule has 1 aromatic rings. The van der Waals surface area contributed by atoms with Crippen molar-refractivity contribution in [1.82, 2.24) is 4.90 Å². The molecule has 26 heavy (non-hydrogen) atoms. The van der Waals surface area contributed by atoms with Crippen molar-refractivity contribution in [2.24, 2.45) is 0 Å². The number of allylic oxidation sites excluding steroid dienone is 1. The Morgan fingerprint density at radius 1 is 1.31 bits per heavy atom. The number of halogens is 1. The summed E-state index contributed by atoms with van der Waals surface area (Å²) in [4.78, 5) is 26.9. The van der Waals surface area contributed by atoms with E-state index in [1.807, 2.05) is 12.1 Å². The minimum Gasteiger partial charge on any atom is -0.496 e. The molecule has 2 rings (SSSR count). The summed E-state index contributed by atoms with van der Waals surface area (Å²) in [5.74, 6) is -0.173. The molecule has 0 spiro atoms. The minimum absolute atomic E-state index is 0.232. The summed E-state index contributed by atoms with van der Waals surface area (Å²) in [6.45, 7) is 4.42. The van der Waals surface area contributed by atoms with Gasteiger partial charge in [-0.15, -0.1) is 0 Å². The van der Waals surface area contributed by atoms with Gasteiger partial charge in [0.2, 0.25) is 0 Å². The molecule has 0 bridgehead atoms. The second-order valence-corrected chi connectivity index (χ2v) is 6.49. The largest absolute Gasteiger partial charge is 0.496 e. The molecule has 1 aliphatic rings. The molecule has 0 N–H and O–H groups in total. The second kappa shape index (κ2) is 9.00. The Morgan fingerprint density at radius 3 is 2.65 bits per heavy atom. The Labute approximate surface area is 161 Å². The zero-order valence-electron chi connectivity index (χ0n) is 15.3. The van der Waals surface area contributed by atoms with Gasteiger partial charge in [0.05, 0.1) is 31.5 Å². The van der Waals surface area contributed by atoms with Gasteiger partial charge in [0.1, 0.15) is 5.75 Å². The van der Waals surface area contributed by atoms with Crippen molar-refractivity contribution in [1.29, 1.82) is 0 Å². The molecule has 1 aromatic carbocycles. The summed E-state index contributed by atoms with van der Waals surface area (Å²) in [5.41, 5.74) is 1.81. The summed E-state index contributed by atoms with van der Waals surface area (Å²) >= 11 is 3.42. The Morgan fingerprint density at radius 2 is 2.04 bits per heavy atom.